The Balaban J connectivity index is 2.05. The van der Waals surface area contributed by atoms with Gasteiger partial charge in [-0.05, 0) is 62.1 Å². The Morgan fingerprint density at radius 3 is 2.61 bits per heavy atom. The molecule has 0 aliphatic heterocycles. The Morgan fingerprint density at radius 1 is 1.26 bits per heavy atom. The van der Waals surface area contributed by atoms with Gasteiger partial charge in [0.25, 0.3) is 0 Å². The van der Waals surface area contributed by atoms with Gasteiger partial charge >= 0.3 is 0 Å². The van der Waals surface area contributed by atoms with E-state index in [-0.39, 0.29) is 12.6 Å². The van der Waals surface area contributed by atoms with Gasteiger partial charge in [0.15, 0.2) is 0 Å². The van der Waals surface area contributed by atoms with E-state index in [1.165, 1.54) is 5.57 Å². The lowest BCUT2D eigenvalue weighted by atomic mass is 9.91. The molecule has 6 heteroatoms. The standard InChI is InChI=1S/C25H33N5O/c1-7-16(2)22(20-12-29-30(6)13-20)11-23-18(4)25(28-15-27-23)19-8-9-21(17(3)10-19)24(14-31)26-5/h8-13,15-16,24,26,31H,7,14H2,1-6H3/b22-11+. The summed E-state index contributed by atoms with van der Waals surface area (Å²) < 4.78 is 1.83. The number of aromatic nitrogens is 4. The lowest BCUT2D eigenvalue weighted by molar-refractivity contribution is 0.250. The molecule has 1 aromatic carbocycles. The van der Waals surface area contributed by atoms with E-state index < -0.39 is 0 Å². The van der Waals surface area contributed by atoms with Crippen LogP contribution in [-0.2, 0) is 7.05 Å². The Morgan fingerprint density at radius 2 is 2.03 bits per heavy atom. The maximum atomic E-state index is 9.62. The second kappa shape index (κ2) is 9.98. The largest absolute Gasteiger partial charge is 0.394 e. The number of hydrogen-bond donors (Lipinski definition) is 2. The first-order valence-corrected chi connectivity index (χ1v) is 10.8. The van der Waals surface area contributed by atoms with Crippen molar-refractivity contribution in [1.29, 1.82) is 0 Å². The van der Waals surface area contributed by atoms with Gasteiger partial charge in [0, 0.05) is 29.9 Å². The molecule has 2 N–H and O–H groups in total. The predicted octanol–water partition coefficient (Wildman–Crippen LogP) is 4.33. The molecule has 31 heavy (non-hydrogen) atoms. The van der Waals surface area contributed by atoms with Crippen LogP contribution in [0.5, 0.6) is 0 Å². The number of aliphatic hydroxyl groups is 1. The summed E-state index contributed by atoms with van der Waals surface area (Å²) in [7, 11) is 3.80. The second-order valence-corrected chi connectivity index (χ2v) is 8.14. The van der Waals surface area contributed by atoms with Gasteiger partial charge in [-0.2, -0.15) is 5.10 Å². The maximum absolute atomic E-state index is 9.62. The van der Waals surface area contributed by atoms with E-state index in [0.29, 0.717) is 5.92 Å². The molecule has 2 heterocycles. The molecule has 0 saturated carbocycles. The van der Waals surface area contributed by atoms with E-state index in [0.717, 1.165) is 45.6 Å². The molecule has 2 unspecified atom stereocenters. The van der Waals surface area contributed by atoms with Crippen LogP contribution in [-0.4, -0.2) is 38.5 Å². The van der Waals surface area contributed by atoms with Gasteiger partial charge in [-0.1, -0.05) is 26.0 Å². The predicted molar refractivity (Wildman–Crippen MR) is 126 cm³/mol. The minimum atomic E-state index is -0.0726. The average Bonchev–Trinajstić information content (AvgIpc) is 3.20. The van der Waals surface area contributed by atoms with Gasteiger partial charge in [0.1, 0.15) is 6.33 Å². The van der Waals surface area contributed by atoms with Gasteiger partial charge in [0.05, 0.1) is 30.2 Å². The van der Waals surface area contributed by atoms with E-state index in [2.05, 4.69) is 78.6 Å². The highest BCUT2D eigenvalue weighted by Gasteiger charge is 2.16. The highest BCUT2D eigenvalue weighted by Crippen LogP contribution is 2.31. The van der Waals surface area contributed by atoms with Gasteiger partial charge in [0.2, 0.25) is 0 Å². The molecule has 6 nitrogen and oxygen atoms in total. The molecule has 0 fully saturated rings. The van der Waals surface area contributed by atoms with Crippen LogP contribution in [0.4, 0.5) is 0 Å². The number of aryl methyl sites for hydroxylation is 2. The lowest BCUT2D eigenvalue weighted by Gasteiger charge is -2.18. The maximum Gasteiger partial charge on any atom is 0.116 e. The summed E-state index contributed by atoms with van der Waals surface area (Å²) in [6, 6.07) is 6.20. The Kier molecular flexibility index (Phi) is 7.36. The molecule has 0 aliphatic rings. The zero-order valence-electron chi connectivity index (χ0n) is 19.3. The first kappa shape index (κ1) is 22.8. The minimum absolute atomic E-state index is 0.0604. The SMILES string of the molecule is CCC(C)/C(=C\c1ncnc(-c2ccc(C(CO)NC)c(C)c2)c1C)c1cnn(C)c1. The third-order valence-electron chi connectivity index (χ3n) is 6.05. The van der Waals surface area contributed by atoms with Gasteiger partial charge in [-0.3, -0.25) is 4.68 Å². The van der Waals surface area contributed by atoms with Gasteiger partial charge in [-0.25, -0.2) is 9.97 Å². The van der Waals surface area contributed by atoms with Crippen molar-refractivity contribution in [2.75, 3.05) is 13.7 Å². The number of benzene rings is 1. The Hall–Kier alpha value is -2.83. The summed E-state index contributed by atoms with van der Waals surface area (Å²) in [5.41, 5.74) is 8.52. The summed E-state index contributed by atoms with van der Waals surface area (Å²) in [5, 5.41) is 17.1. The molecule has 0 bridgehead atoms. The highest BCUT2D eigenvalue weighted by atomic mass is 16.3. The topological polar surface area (TPSA) is 75.9 Å². The Labute approximate surface area is 185 Å². The number of aliphatic hydroxyl groups excluding tert-OH is 1. The van der Waals surface area contributed by atoms with Crippen molar-refractivity contribution in [3.8, 4) is 11.3 Å². The number of rotatable bonds is 8. The van der Waals surface area contributed by atoms with E-state index in [9.17, 15) is 5.11 Å². The molecule has 2 aromatic heterocycles. The van der Waals surface area contributed by atoms with E-state index in [4.69, 9.17) is 0 Å². The number of allylic oxidation sites excluding steroid dienone is 1. The molecule has 2 atom stereocenters. The number of hydrogen-bond acceptors (Lipinski definition) is 5. The van der Waals surface area contributed by atoms with Gasteiger partial charge in [-0.15, -0.1) is 0 Å². The molecule has 3 rings (SSSR count). The molecular formula is C25H33N5O. The fourth-order valence-corrected chi connectivity index (χ4v) is 3.91. The summed E-state index contributed by atoms with van der Waals surface area (Å²) in [6.45, 7) is 8.64. The first-order valence-electron chi connectivity index (χ1n) is 10.8. The first-order chi connectivity index (χ1) is 14.9. The normalized spacial score (nSPS) is 14.0. The smallest absolute Gasteiger partial charge is 0.116 e. The monoisotopic (exact) mass is 419 g/mol. The van der Waals surface area contributed by atoms with Crippen molar-refractivity contribution in [3.05, 3.63) is 64.9 Å². The summed E-state index contributed by atoms with van der Waals surface area (Å²) in [5.74, 6) is 0.389. The summed E-state index contributed by atoms with van der Waals surface area (Å²) in [6.07, 6.45) is 8.82. The van der Waals surface area contributed by atoms with Crippen LogP contribution < -0.4 is 5.32 Å². The molecule has 0 radical (unpaired) electrons. The quantitative estimate of drug-likeness (QED) is 0.568. The summed E-state index contributed by atoms with van der Waals surface area (Å²) in [4.78, 5) is 9.18. The number of nitrogens with zero attached hydrogens (tertiary/aromatic N) is 4. The van der Waals surface area contributed by atoms with E-state index in [1.807, 2.05) is 25.0 Å². The third kappa shape index (κ3) is 4.92. The lowest BCUT2D eigenvalue weighted by Crippen LogP contribution is -2.20. The molecular weight excluding hydrogens is 386 g/mol. The third-order valence-corrected chi connectivity index (χ3v) is 6.05. The fourth-order valence-electron chi connectivity index (χ4n) is 3.91. The van der Waals surface area contributed by atoms with Crippen molar-refractivity contribution < 1.29 is 5.11 Å². The van der Waals surface area contributed by atoms with E-state index >= 15 is 0 Å². The molecule has 0 aliphatic carbocycles. The second-order valence-electron chi connectivity index (χ2n) is 8.14. The highest BCUT2D eigenvalue weighted by molar-refractivity contribution is 5.83. The average molecular weight is 420 g/mol. The Bertz CT molecular complexity index is 1070. The molecule has 3 aromatic rings. The molecule has 0 amide bonds. The number of likely N-dealkylation sites (N-methyl/N-ethyl adjacent to an activating group) is 1. The van der Waals surface area contributed by atoms with Crippen LogP contribution in [0.25, 0.3) is 22.9 Å². The zero-order valence-corrected chi connectivity index (χ0v) is 19.3. The number of nitrogens with one attached hydrogen (secondary N) is 1. The van der Waals surface area contributed by atoms with Gasteiger partial charge < -0.3 is 10.4 Å². The van der Waals surface area contributed by atoms with E-state index in [1.54, 1.807) is 6.33 Å². The molecule has 0 spiro atoms. The van der Waals surface area contributed by atoms with Crippen LogP contribution in [0.2, 0.25) is 0 Å². The molecule has 164 valence electrons. The van der Waals surface area contributed by atoms with Crippen molar-refractivity contribution in [2.24, 2.45) is 13.0 Å². The van der Waals surface area contributed by atoms with Crippen LogP contribution in [0.15, 0.2) is 36.9 Å². The van der Waals surface area contributed by atoms with Crippen molar-refractivity contribution in [3.63, 3.8) is 0 Å². The fraction of sp³-hybridized carbons (Fsp3) is 0.400. The van der Waals surface area contributed by atoms with Crippen molar-refractivity contribution >= 4 is 11.6 Å². The van der Waals surface area contributed by atoms with Crippen LogP contribution in [0.3, 0.4) is 0 Å². The van der Waals surface area contributed by atoms with Crippen LogP contribution in [0.1, 0.15) is 54.3 Å². The minimum Gasteiger partial charge on any atom is -0.394 e. The van der Waals surface area contributed by atoms with Crippen LogP contribution >= 0.6 is 0 Å². The van der Waals surface area contributed by atoms with Crippen LogP contribution in [0, 0.1) is 19.8 Å². The zero-order chi connectivity index (χ0) is 22.5. The van der Waals surface area contributed by atoms with Crippen molar-refractivity contribution in [1.82, 2.24) is 25.1 Å². The van der Waals surface area contributed by atoms with Crippen molar-refractivity contribution in [2.45, 2.75) is 40.2 Å². The molecule has 0 saturated heterocycles. The summed E-state index contributed by atoms with van der Waals surface area (Å²) >= 11 is 0.